The van der Waals surface area contributed by atoms with Gasteiger partial charge >= 0.3 is 0 Å². The van der Waals surface area contributed by atoms with Gasteiger partial charge in [-0.05, 0) is 43.1 Å². The van der Waals surface area contributed by atoms with Crippen LogP contribution in [-0.4, -0.2) is 0 Å². The molecule has 0 aromatic heterocycles. The predicted octanol–water partition coefficient (Wildman–Crippen LogP) is 9.72. The Balaban J connectivity index is 1.60. The van der Waals surface area contributed by atoms with Crippen LogP contribution in [0.4, 0.5) is 35.1 Å². The van der Waals surface area contributed by atoms with E-state index in [0.29, 0.717) is 32.3 Å². The first-order valence-corrected chi connectivity index (χ1v) is 11.3. The average Bonchev–Trinajstić information content (AvgIpc) is 2.94. The monoisotopic (exact) mass is 522 g/mol. The molecule has 7 aromatic carbocycles. The summed E-state index contributed by atoms with van der Waals surface area (Å²) in [6.45, 7) is 0. The quantitative estimate of drug-likeness (QED) is 0.0805. The van der Waals surface area contributed by atoms with Crippen LogP contribution in [0.3, 0.4) is 0 Å². The number of fused-ring (bicyclic) bond motifs is 11. The van der Waals surface area contributed by atoms with Crippen molar-refractivity contribution in [3.05, 3.63) is 107 Å². The summed E-state index contributed by atoms with van der Waals surface area (Å²) in [5, 5.41) is 2.14. The Morgan fingerprint density at radius 1 is 0.211 bits per heavy atom. The maximum atomic E-state index is 14.7. The van der Waals surface area contributed by atoms with E-state index in [1.54, 1.807) is 24.3 Å². The van der Waals surface area contributed by atoms with Gasteiger partial charge in [0.25, 0.3) is 0 Å². The molecule has 38 heavy (non-hydrogen) atoms. The molecule has 0 fully saturated rings. The molecule has 0 spiro atoms. The second kappa shape index (κ2) is 7.54. The molecule has 0 bridgehead atoms. The summed E-state index contributed by atoms with van der Waals surface area (Å²) in [5.41, 5.74) is 0. The fourth-order valence-corrected chi connectivity index (χ4v) is 5.53. The van der Waals surface area contributed by atoms with Crippen LogP contribution in [0, 0.1) is 46.5 Å². The fourth-order valence-electron chi connectivity index (χ4n) is 5.53. The van der Waals surface area contributed by atoms with Crippen molar-refractivity contribution in [2.45, 2.75) is 0 Å². The highest BCUT2D eigenvalue weighted by atomic mass is 19.2. The zero-order valence-electron chi connectivity index (χ0n) is 18.8. The maximum Gasteiger partial charge on any atom is 0.198 e. The highest BCUT2D eigenvalue weighted by Crippen LogP contribution is 2.41. The molecule has 0 amide bonds. The molecule has 8 heteroatoms. The normalized spacial score (nSPS) is 12.2. The van der Waals surface area contributed by atoms with E-state index in [9.17, 15) is 35.1 Å². The van der Waals surface area contributed by atoms with Crippen LogP contribution in [0.2, 0.25) is 0 Å². The van der Waals surface area contributed by atoms with Gasteiger partial charge in [0.2, 0.25) is 0 Å². The van der Waals surface area contributed by atoms with E-state index < -0.39 is 68.1 Å². The summed E-state index contributed by atoms with van der Waals surface area (Å²) in [4.78, 5) is 0. The van der Waals surface area contributed by atoms with Gasteiger partial charge < -0.3 is 0 Å². The third-order valence-electron chi connectivity index (χ3n) is 7.26. The molecule has 0 radical (unpaired) electrons. The van der Waals surface area contributed by atoms with Crippen LogP contribution in [0.25, 0.3) is 64.6 Å². The summed E-state index contributed by atoms with van der Waals surface area (Å²) < 4.78 is 114. The number of rotatable bonds is 0. The van der Waals surface area contributed by atoms with E-state index in [2.05, 4.69) is 0 Å². The zero-order valence-corrected chi connectivity index (χ0v) is 18.8. The summed E-state index contributed by atoms with van der Waals surface area (Å²) in [6.07, 6.45) is 0. The third kappa shape index (κ3) is 2.69. The molecule has 0 aliphatic heterocycles. The van der Waals surface area contributed by atoms with Gasteiger partial charge in [-0.15, -0.1) is 0 Å². The van der Waals surface area contributed by atoms with Crippen molar-refractivity contribution in [3.8, 4) is 0 Å². The second-order valence-electron chi connectivity index (χ2n) is 9.07. The van der Waals surface area contributed by atoms with E-state index in [1.165, 1.54) is 36.4 Å². The Morgan fingerprint density at radius 2 is 0.421 bits per heavy atom. The number of halogens is 8. The third-order valence-corrected chi connectivity index (χ3v) is 7.26. The molecule has 0 atom stereocenters. The van der Waals surface area contributed by atoms with Crippen molar-refractivity contribution >= 4 is 64.6 Å². The molecular weight excluding hydrogens is 512 g/mol. The Morgan fingerprint density at radius 3 is 0.737 bits per heavy atom. The van der Waals surface area contributed by atoms with Gasteiger partial charge in [0.1, 0.15) is 0 Å². The standard InChI is InChI=1S/C30H10F8/c31-23-19-9-5-15-13-1-2-14-12(11(13)3-7-17(15)21(19)25(33)29(37)27(23)35)4-8-18-16(14)6-10-20-22(18)26(34)30(38)28(36)24(20)32/h1-10H. The number of hydrogen-bond acceptors (Lipinski definition) is 0. The zero-order chi connectivity index (χ0) is 26.6. The van der Waals surface area contributed by atoms with Crippen LogP contribution in [0.1, 0.15) is 0 Å². The topological polar surface area (TPSA) is 0 Å². The van der Waals surface area contributed by atoms with Gasteiger partial charge in [-0.1, -0.05) is 60.7 Å². The van der Waals surface area contributed by atoms with E-state index in [0.717, 1.165) is 0 Å². The second-order valence-corrected chi connectivity index (χ2v) is 9.07. The minimum absolute atomic E-state index is 0.173. The van der Waals surface area contributed by atoms with Gasteiger partial charge in [0, 0.05) is 21.5 Å². The first-order chi connectivity index (χ1) is 18.2. The lowest BCUT2D eigenvalue weighted by molar-refractivity contribution is 0.418. The van der Waals surface area contributed by atoms with E-state index in [-0.39, 0.29) is 10.8 Å². The maximum absolute atomic E-state index is 14.7. The highest BCUT2D eigenvalue weighted by Gasteiger charge is 2.24. The minimum atomic E-state index is -1.90. The van der Waals surface area contributed by atoms with Crippen molar-refractivity contribution in [2.75, 3.05) is 0 Å². The Hall–Kier alpha value is -4.46. The SMILES string of the molecule is Fc1c(F)c(F)c2c(ccc3c4ccc5c(ccc6c5ccc5c(F)c(F)c(F)c(F)c56)c4ccc32)c1F. The van der Waals surface area contributed by atoms with Crippen LogP contribution in [0.5, 0.6) is 0 Å². The lowest BCUT2D eigenvalue weighted by Crippen LogP contribution is -1.99. The van der Waals surface area contributed by atoms with Gasteiger partial charge in [-0.25, -0.2) is 35.1 Å². The van der Waals surface area contributed by atoms with Crippen molar-refractivity contribution in [3.63, 3.8) is 0 Å². The molecule has 186 valence electrons. The van der Waals surface area contributed by atoms with Crippen LogP contribution >= 0.6 is 0 Å². The minimum Gasteiger partial charge on any atom is -0.203 e. The Kier molecular flexibility index (Phi) is 4.50. The van der Waals surface area contributed by atoms with Crippen LogP contribution in [-0.2, 0) is 0 Å². The highest BCUT2D eigenvalue weighted by molar-refractivity contribution is 6.26. The van der Waals surface area contributed by atoms with Crippen molar-refractivity contribution in [1.29, 1.82) is 0 Å². The van der Waals surface area contributed by atoms with Gasteiger partial charge in [0.05, 0.1) is 0 Å². The van der Waals surface area contributed by atoms with Crippen molar-refractivity contribution < 1.29 is 35.1 Å². The first kappa shape index (κ1) is 22.7. The summed E-state index contributed by atoms with van der Waals surface area (Å²) in [5.74, 6) is -13.6. The van der Waals surface area contributed by atoms with E-state index >= 15 is 0 Å². The fraction of sp³-hybridized carbons (Fsp3) is 0. The molecule has 0 saturated heterocycles. The molecule has 0 unspecified atom stereocenters. The summed E-state index contributed by atoms with van der Waals surface area (Å²) >= 11 is 0. The van der Waals surface area contributed by atoms with Crippen LogP contribution < -0.4 is 0 Å². The van der Waals surface area contributed by atoms with Crippen LogP contribution in [0.15, 0.2) is 60.7 Å². The molecular formula is C30H10F8. The molecule has 0 N–H and O–H groups in total. The lowest BCUT2D eigenvalue weighted by Gasteiger charge is -2.14. The number of hydrogen-bond donors (Lipinski definition) is 0. The van der Waals surface area contributed by atoms with Gasteiger partial charge in [-0.3, -0.25) is 0 Å². The van der Waals surface area contributed by atoms with E-state index in [4.69, 9.17) is 0 Å². The summed E-state index contributed by atoms with van der Waals surface area (Å²) in [6, 6.07) is 14.8. The van der Waals surface area contributed by atoms with Crippen molar-refractivity contribution in [2.24, 2.45) is 0 Å². The molecule has 0 saturated carbocycles. The largest absolute Gasteiger partial charge is 0.203 e. The number of benzene rings is 7. The molecule has 7 aromatic rings. The average molecular weight is 522 g/mol. The van der Waals surface area contributed by atoms with Crippen molar-refractivity contribution in [1.82, 2.24) is 0 Å². The molecule has 0 aliphatic rings. The first-order valence-electron chi connectivity index (χ1n) is 11.3. The molecule has 0 heterocycles. The molecule has 0 aliphatic carbocycles. The smallest absolute Gasteiger partial charge is 0.198 e. The predicted molar refractivity (Wildman–Crippen MR) is 131 cm³/mol. The Labute approximate surface area is 207 Å². The Bertz CT molecular complexity index is 2060. The molecule has 7 rings (SSSR count). The van der Waals surface area contributed by atoms with Gasteiger partial charge in [0.15, 0.2) is 46.5 Å². The molecule has 0 nitrogen and oxygen atoms in total. The van der Waals surface area contributed by atoms with E-state index in [1.807, 2.05) is 0 Å². The summed E-state index contributed by atoms with van der Waals surface area (Å²) in [7, 11) is 0. The lowest BCUT2D eigenvalue weighted by atomic mass is 9.91. The van der Waals surface area contributed by atoms with Gasteiger partial charge in [-0.2, -0.15) is 0 Å².